The highest BCUT2D eigenvalue weighted by Crippen LogP contribution is 2.01. The van der Waals surface area contributed by atoms with E-state index >= 15 is 0 Å². The molecule has 6 nitrogen and oxygen atoms in total. The molecule has 0 fully saturated rings. The molecule has 0 aliphatic heterocycles. The van der Waals surface area contributed by atoms with E-state index in [1.165, 1.54) is 7.11 Å². The lowest BCUT2D eigenvalue weighted by atomic mass is 10.3. The Labute approximate surface area is 114 Å². The van der Waals surface area contributed by atoms with Gasteiger partial charge in [-0.25, -0.2) is 4.79 Å². The summed E-state index contributed by atoms with van der Waals surface area (Å²) < 4.78 is 4.74. The normalized spacial score (nSPS) is 9.47. The van der Waals surface area contributed by atoms with Crippen molar-refractivity contribution in [2.45, 2.75) is 13.8 Å². The van der Waals surface area contributed by atoms with Crippen molar-refractivity contribution in [3.8, 4) is 5.88 Å². The van der Waals surface area contributed by atoms with Gasteiger partial charge in [0.1, 0.15) is 5.02 Å². The molecule has 0 amide bonds. The fraction of sp³-hybridized carbons (Fsp3) is 0.250. The van der Waals surface area contributed by atoms with Crippen LogP contribution in [0, 0.1) is 13.8 Å². The third-order valence-corrected chi connectivity index (χ3v) is 2.35. The fourth-order valence-electron chi connectivity index (χ4n) is 1.21. The number of rotatable bonds is 1. The minimum Gasteiger partial charge on any atom is -0.481 e. The molecule has 0 aromatic carbocycles. The van der Waals surface area contributed by atoms with Crippen LogP contribution in [0.2, 0.25) is 5.02 Å². The molecule has 102 valence electrons. The van der Waals surface area contributed by atoms with Gasteiger partial charge in [0.25, 0.3) is 5.56 Å². The van der Waals surface area contributed by atoms with Gasteiger partial charge in [-0.05, 0) is 25.5 Å². The third kappa shape index (κ3) is 4.97. The van der Waals surface area contributed by atoms with Crippen molar-refractivity contribution >= 4 is 11.6 Å². The molecule has 0 bridgehead atoms. The first-order valence-corrected chi connectivity index (χ1v) is 5.77. The predicted octanol–water partition coefficient (Wildman–Crippen LogP) is 1.42. The van der Waals surface area contributed by atoms with Crippen LogP contribution in [0.4, 0.5) is 0 Å². The summed E-state index contributed by atoms with van der Waals surface area (Å²) in [5, 5.41) is 0.245. The van der Waals surface area contributed by atoms with Crippen LogP contribution < -0.4 is 16.0 Å². The molecule has 0 aliphatic rings. The summed E-state index contributed by atoms with van der Waals surface area (Å²) in [6.45, 7) is 3.63. The first-order chi connectivity index (χ1) is 8.92. The van der Waals surface area contributed by atoms with Crippen LogP contribution in [-0.4, -0.2) is 22.1 Å². The van der Waals surface area contributed by atoms with Gasteiger partial charge in [-0.3, -0.25) is 4.79 Å². The van der Waals surface area contributed by atoms with Gasteiger partial charge in [-0.2, -0.15) is 4.98 Å². The SMILES string of the molecule is COc1cc(C)[nH]c(=O)n1.Cc1c[nH]c(=O)c(Cl)c1. The molecule has 2 heterocycles. The zero-order chi connectivity index (χ0) is 14.4. The third-order valence-electron chi connectivity index (χ3n) is 2.07. The van der Waals surface area contributed by atoms with Crippen molar-refractivity contribution < 1.29 is 4.74 Å². The number of nitrogens with zero attached hydrogens (tertiary/aromatic N) is 1. The standard InChI is InChI=1S/C6H6ClNO.C6H8N2O2/c1-4-2-5(7)6(9)8-3-4;1-4-3-5(10-2)8-6(9)7-4/h2-3H,1H3,(H,8,9);3H,1-2H3,(H,7,8,9). The van der Waals surface area contributed by atoms with E-state index in [2.05, 4.69) is 15.0 Å². The first kappa shape index (κ1) is 15.0. The Balaban J connectivity index is 0.000000191. The first-order valence-electron chi connectivity index (χ1n) is 5.39. The van der Waals surface area contributed by atoms with Crippen molar-refractivity contribution in [3.63, 3.8) is 0 Å². The van der Waals surface area contributed by atoms with Gasteiger partial charge < -0.3 is 14.7 Å². The molecule has 7 heteroatoms. The van der Waals surface area contributed by atoms with Gasteiger partial charge in [0.15, 0.2) is 0 Å². The van der Waals surface area contributed by atoms with Crippen LogP contribution in [0.25, 0.3) is 0 Å². The van der Waals surface area contributed by atoms with Gasteiger partial charge in [0, 0.05) is 18.0 Å². The van der Waals surface area contributed by atoms with Crippen molar-refractivity contribution in [1.82, 2.24) is 15.0 Å². The summed E-state index contributed by atoms with van der Waals surface area (Å²) in [5.74, 6) is 0.348. The van der Waals surface area contributed by atoms with E-state index in [0.717, 1.165) is 11.3 Å². The van der Waals surface area contributed by atoms with Crippen LogP contribution >= 0.6 is 11.6 Å². The molecule has 0 atom stereocenters. The molecule has 19 heavy (non-hydrogen) atoms. The highest BCUT2D eigenvalue weighted by atomic mass is 35.5. The lowest BCUT2D eigenvalue weighted by Crippen LogP contribution is -2.11. The fourth-order valence-corrected chi connectivity index (χ4v) is 1.44. The number of aromatic amines is 2. The average Bonchev–Trinajstić information content (AvgIpc) is 2.34. The summed E-state index contributed by atoms with van der Waals surface area (Å²) in [7, 11) is 1.47. The van der Waals surface area contributed by atoms with Gasteiger partial charge >= 0.3 is 5.69 Å². The maximum Gasteiger partial charge on any atom is 0.348 e. The number of aromatic nitrogens is 3. The van der Waals surface area contributed by atoms with Gasteiger partial charge in [0.05, 0.1) is 7.11 Å². The number of hydrogen-bond acceptors (Lipinski definition) is 4. The van der Waals surface area contributed by atoms with Crippen LogP contribution in [-0.2, 0) is 0 Å². The highest BCUT2D eigenvalue weighted by molar-refractivity contribution is 6.30. The molecular weight excluding hydrogens is 270 g/mol. The molecule has 0 aliphatic carbocycles. The Morgan fingerprint density at radius 2 is 1.95 bits per heavy atom. The number of ether oxygens (including phenoxy) is 1. The summed E-state index contributed by atoms with van der Waals surface area (Å²) in [5.41, 5.74) is 1.09. The van der Waals surface area contributed by atoms with E-state index in [1.54, 1.807) is 25.3 Å². The number of aryl methyl sites for hydroxylation is 2. The van der Waals surface area contributed by atoms with E-state index < -0.39 is 0 Å². The van der Waals surface area contributed by atoms with E-state index in [1.807, 2.05) is 6.92 Å². The Hall–Kier alpha value is -2.08. The quantitative estimate of drug-likeness (QED) is 0.828. The van der Waals surface area contributed by atoms with Gasteiger partial charge in [-0.15, -0.1) is 0 Å². The van der Waals surface area contributed by atoms with Crippen LogP contribution in [0.3, 0.4) is 0 Å². The lowest BCUT2D eigenvalue weighted by Gasteiger charge is -1.96. The second kappa shape index (κ2) is 6.75. The van der Waals surface area contributed by atoms with Crippen molar-refractivity contribution in [1.29, 1.82) is 0 Å². The van der Waals surface area contributed by atoms with Crippen LogP contribution in [0.15, 0.2) is 27.9 Å². The second-order valence-corrected chi connectivity index (χ2v) is 4.17. The van der Waals surface area contributed by atoms with Crippen molar-refractivity contribution in [3.05, 3.63) is 55.4 Å². The summed E-state index contributed by atoms with van der Waals surface area (Å²) in [6, 6.07) is 3.28. The van der Waals surface area contributed by atoms with E-state index in [-0.39, 0.29) is 16.3 Å². The van der Waals surface area contributed by atoms with E-state index in [4.69, 9.17) is 16.3 Å². The number of methoxy groups -OCH3 is 1. The van der Waals surface area contributed by atoms with Crippen molar-refractivity contribution in [2.75, 3.05) is 7.11 Å². The molecule has 0 spiro atoms. The number of H-pyrrole nitrogens is 2. The highest BCUT2D eigenvalue weighted by Gasteiger charge is 1.94. The summed E-state index contributed by atoms with van der Waals surface area (Å²) in [6.07, 6.45) is 1.62. The topological polar surface area (TPSA) is 87.8 Å². The zero-order valence-electron chi connectivity index (χ0n) is 10.8. The number of halogens is 1. The molecule has 0 radical (unpaired) electrons. The Morgan fingerprint density at radius 3 is 2.42 bits per heavy atom. The summed E-state index contributed by atoms with van der Waals surface area (Å²) in [4.78, 5) is 29.7. The molecule has 2 aromatic rings. The maximum absolute atomic E-state index is 10.6. The van der Waals surface area contributed by atoms with Gasteiger partial charge in [0.2, 0.25) is 5.88 Å². The molecule has 2 rings (SSSR count). The van der Waals surface area contributed by atoms with Crippen molar-refractivity contribution in [2.24, 2.45) is 0 Å². The van der Waals surface area contributed by atoms with E-state index in [0.29, 0.717) is 5.88 Å². The maximum atomic E-state index is 10.6. The number of pyridine rings is 1. The lowest BCUT2D eigenvalue weighted by molar-refractivity contribution is 0.394. The molecule has 2 aromatic heterocycles. The Morgan fingerprint density at radius 1 is 1.26 bits per heavy atom. The summed E-state index contributed by atoms with van der Waals surface area (Å²) >= 11 is 5.47. The zero-order valence-corrected chi connectivity index (χ0v) is 11.5. The smallest absolute Gasteiger partial charge is 0.348 e. The average molecular weight is 284 g/mol. The number of nitrogens with one attached hydrogen (secondary N) is 2. The van der Waals surface area contributed by atoms with Crippen LogP contribution in [0.1, 0.15) is 11.3 Å². The largest absolute Gasteiger partial charge is 0.481 e. The second-order valence-electron chi connectivity index (χ2n) is 3.77. The molecule has 0 saturated carbocycles. The monoisotopic (exact) mass is 283 g/mol. The van der Waals surface area contributed by atoms with E-state index in [9.17, 15) is 9.59 Å². The molecule has 2 N–H and O–H groups in total. The Kier molecular flexibility index (Phi) is 5.32. The molecular formula is C12H14ClN3O3. The predicted molar refractivity (Wildman–Crippen MR) is 73.0 cm³/mol. The number of hydrogen-bond donors (Lipinski definition) is 2. The Bertz CT molecular complexity index is 664. The minimum atomic E-state index is -0.378. The van der Waals surface area contributed by atoms with Gasteiger partial charge in [-0.1, -0.05) is 11.6 Å². The molecule has 0 unspecified atom stereocenters. The molecule has 0 saturated heterocycles. The van der Waals surface area contributed by atoms with Crippen LogP contribution in [0.5, 0.6) is 5.88 Å². The minimum absolute atomic E-state index is 0.234.